The molecule has 9 heteroatoms. The molecule has 2 heterocycles. The molecule has 0 aliphatic carbocycles. The third-order valence-corrected chi connectivity index (χ3v) is 6.88. The fourth-order valence-electron chi connectivity index (χ4n) is 2.36. The van der Waals surface area contributed by atoms with E-state index in [0.717, 1.165) is 28.1 Å². The van der Waals surface area contributed by atoms with Crippen molar-refractivity contribution in [2.24, 2.45) is 0 Å². The highest BCUT2D eigenvalue weighted by Crippen LogP contribution is 2.29. The summed E-state index contributed by atoms with van der Waals surface area (Å²) in [6, 6.07) is 9.19. The molecule has 1 aliphatic rings. The van der Waals surface area contributed by atoms with Crippen molar-refractivity contribution in [3.63, 3.8) is 0 Å². The van der Waals surface area contributed by atoms with E-state index in [1.54, 1.807) is 12.1 Å². The van der Waals surface area contributed by atoms with Gasteiger partial charge in [0.25, 0.3) is 0 Å². The van der Waals surface area contributed by atoms with Crippen LogP contribution in [0.5, 0.6) is 0 Å². The van der Waals surface area contributed by atoms with Gasteiger partial charge in [-0.15, -0.1) is 10.2 Å². The molecule has 0 spiro atoms. The summed E-state index contributed by atoms with van der Waals surface area (Å²) in [6.07, 6.45) is 2.22. The van der Waals surface area contributed by atoms with E-state index in [1.165, 1.54) is 34.9 Å². The van der Waals surface area contributed by atoms with Crippen molar-refractivity contribution in [1.82, 2.24) is 15.5 Å². The van der Waals surface area contributed by atoms with Gasteiger partial charge in [0, 0.05) is 18.7 Å². The van der Waals surface area contributed by atoms with Gasteiger partial charge in [-0.3, -0.25) is 9.59 Å². The van der Waals surface area contributed by atoms with E-state index in [2.05, 4.69) is 15.5 Å². The van der Waals surface area contributed by atoms with Crippen molar-refractivity contribution in [2.75, 3.05) is 24.7 Å². The second kappa shape index (κ2) is 10.1. The number of carbonyl (C=O) groups is 2. The highest BCUT2D eigenvalue weighted by atomic mass is 32.2. The maximum Gasteiger partial charge on any atom is 0.230 e. The van der Waals surface area contributed by atoms with Crippen molar-refractivity contribution < 1.29 is 14.3 Å². The Labute approximate surface area is 164 Å². The Morgan fingerprint density at radius 1 is 1.15 bits per heavy atom. The molecule has 0 radical (unpaired) electrons. The molecule has 2 aromatic rings. The van der Waals surface area contributed by atoms with Gasteiger partial charge in [-0.2, -0.15) is 0 Å². The number of nitrogens with one attached hydrogen (secondary N) is 1. The van der Waals surface area contributed by atoms with E-state index in [1.807, 2.05) is 18.2 Å². The van der Waals surface area contributed by atoms with Crippen molar-refractivity contribution in [3.05, 3.63) is 35.9 Å². The number of hydrogen-bond acceptors (Lipinski definition) is 8. The van der Waals surface area contributed by atoms with Gasteiger partial charge >= 0.3 is 0 Å². The van der Waals surface area contributed by atoms with Gasteiger partial charge in [0.1, 0.15) is 0 Å². The van der Waals surface area contributed by atoms with Crippen LogP contribution in [0.3, 0.4) is 0 Å². The lowest BCUT2D eigenvalue weighted by Crippen LogP contribution is -2.32. The van der Waals surface area contributed by atoms with E-state index in [-0.39, 0.29) is 17.8 Å². The van der Waals surface area contributed by atoms with E-state index >= 15 is 0 Å². The van der Waals surface area contributed by atoms with Crippen molar-refractivity contribution >= 4 is 46.6 Å². The van der Waals surface area contributed by atoms with Gasteiger partial charge in [0.2, 0.25) is 5.91 Å². The Balaban J connectivity index is 1.37. The number of carbonyl (C=O) groups excluding carboxylic acids is 2. The quantitative estimate of drug-likeness (QED) is 0.504. The first-order valence-electron chi connectivity index (χ1n) is 8.26. The Morgan fingerprint density at radius 2 is 1.88 bits per heavy atom. The van der Waals surface area contributed by atoms with Crippen LogP contribution in [0.25, 0.3) is 0 Å². The Bertz CT molecular complexity index is 733. The third-order valence-electron chi connectivity index (χ3n) is 3.69. The number of rotatable bonds is 9. The molecule has 3 rings (SSSR count). The fraction of sp³-hybridized carbons (Fsp3) is 0.412. The molecule has 0 bridgehead atoms. The first-order valence-corrected chi connectivity index (χ1v) is 11.0. The fourth-order valence-corrected chi connectivity index (χ4v) is 5.10. The Morgan fingerprint density at radius 3 is 2.58 bits per heavy atom. The average Bonchev–Trinajstić information content (AvgIpc) is 3.35. The van der Waals surface area contributed by atoms with Gasteiger partial charge < -0.3 is 10.1 Å². The van der Waals surface area contributed by atoms with Crippen LogP contribution in [0.1, 0.15) is 23.2 Å². The molecule has 26 heavy (non-hydrogen) atoms. The van der Waals surface area contributed by atoms with Gasteiger partial charge in [-0.05, 0) is 12.8 Å². The van der Waals surface area contributed by atoms with E-state index in [0.29, 0.717) is 23.6 Å². The summed E-state index contributed by atoms with van der Waals surface area (Å²) in [5.41, 5.74) is 0.696. The predicted octanol–water partition coefficient (Wildman–Crippen LogP) is 2.90. The van der Waals surface area contributed by atoms with Crippen LogP contribution in [-0.2, 0) is 9.53 Å². The van der Waals surface area contributed by atoms with Gasteiger partial charge in [0.05, 0.1) is 17.6 Å². The Hall–Kier alpha value is -1.42. The van der Waals surface area contributed by atoms with Gasteiger partial charge in [0.15, 0.2) is 14.5 Å². The molecule has 1 fully saturated rings. The monoisotopic (exact) mass is 409 g/mol. The zero-order chi connectivity index (χ0) is 18.2. The number of ketones is 1. The van der Waals surface area contributed by atoms with E-state index in [9.17, 15) is 9.59 Å². The summed E-state index contributed by atoms with van der Waals surface area (Å²) < 4.78 is 6.94. The van der Waals surface area contributed by atoms with Crippen LogP contribution in [0, 0.1) is 0 Å². The number of hydrogen-bond donors (Lipinski definition) is 1. The van der Waals surface area contributed by atoms with Crippen molar-refractivity contribution in [3.8, 4) is 0 Å². The number of Topliss-reactive ketones (excluding diaryl/α,β-unsaturated/α-hetero) is 1. The molecule has 1 aromatic carbocycles. The second-order valence-electron chi connectivity index (χ2n) is 5.64. The molecule has 0 saturated carbocycles. The molecule has 1 aromatic heterocycles. The van der Waals surface area contributed by atoms with E-state index < -0.39 is 0 Å². The minimum absolute atomic E-state index is 0.0332. The normalized spacial score (nSPS) is 16.5. The van der Waals surface area contributed by atoms with Crippen LogP contribution in [0.2, 0.25) is 0 Å². The zero-order valence-corrected chi connectivity index (χ0v) is 16.5. The summed E-state index contributed by atoms with van der Waals surface area (Å²) in [7, 11) is 0. The first-order chi connectivity index (χ1) is 12.7. The molecular formula is C17H19N3O3S3. The Kier molecular flexibility index (Phi) is 7.48. The first kappa shape index (κ1) is 19.3. The summed E-state index contributed by atoms with van der Waals surface area (Å²) in [6.45, 7) is 1.35. The van der Waals surface area contributed by atoms with E-state index in [4.69, 9.17) is 4.74 Å². The highest BCUT2D eigenvalue weighted by molar-refractivity contribution is 8.03. The topological polar surface area (TPSA) is 81.2 Å². The van der Waals surface area contributed by atoms with Crippen LogP contribution in [-0.4, -0.2) is 52.6 Å². The zero-order valence-electron chi connectivity index (χ0n) is 14.1. The minimum Gasteiger partial charge on any atom is -0.376 e. The largest absolute Gasteiger partial charge is 0.376 e. The molecule has 1 aliphatic heterocycles. The number of amides is 1. The molecular weight excluding hydrogens is 390 g/mol. The lowest BCUT2D eigenvalue weighted by atomic mass is 10.2. The second-order valence-corrected chi connectivity index (χ2v) is 9.06. The minimum atomic E-state index is -0.0332. The number of thioether (sulfide) groups is 2. The number of benzene rings is 1. The van der Waals surface area contributed by atoms with Crippen molar-refractivity contribution in [2.45, 2.75) is 27.6 Å². The van der Waals surface area contributed by atoms with Crippen LogP contribution in [0.4, 0.5) is 0 Å². The van der Waals surface area contributed by atoms with Crippen LogP contribution in [0.15, 0.2) is 39.0 Å². The molecule has 1 atom stereocenters. The van der Waals surface area contributed by atoms with Crippen LogP contribution >= 0.6 is 34.9 Å². The number of aromatic nitrogens is 2. The highest BCUT2D eigenvalue weighted by Gasteiger charge is 2.16. The maximum atomic E-state index is 12.1. The lowest BCUT2D eigenvalue weighted by Gasteiger charge is -2.09. The van der Waals surface area contributed by atoms with Gasteiger partial charge in [-0.25, -0.2) is 0 Å². The summed E-state index contributed by atoms with van der Waals surface area (Å²) in [5.74, 6) is 0.655. The molecule has 1 saturated heterocycles. The van der Waals surface area contributed by atoms with Gasteiger partial charge in [-0.1, -0.05) is 65.2 Å². The number of nitrogens with zero attached hydrogens (tertiary/aromatic N) is 2. The standard InChI is InChI=1S/C17H19N3O3S3/c21-14(12-5-2-1-3-6-12)10-24-16-19-20-17(26-16)25-11-15(22)18-9-13-7-4-8-23-13/h1-3,5-6,13H,4,7-11H2,(H,18,22)/t13-/m0/s1. The predicted molar refractivity (Wildman–Crippen MR) is 104 cm³/mol. The van der Waals surface area contributed by atoms with Crippen LogP contribution < -0.4 is 5.32 Å². The molecule has 6 nitrogen and oxygen atoms in total. The van der Waals surface area contributed by atoms with Crippen molar-refractivity contribution in [1.29, 1.82) is 0 Å². The number of ether oxygens (including phenoxy) is 1. The smallest absolute Gasteiger partial charge is 0.230 e. The summed E-state index contributed by atoms with van der Waals surface area (Å²) >= 11 is 4.13. The maximum absolute atomic E-state index is 12.1. The molecule has 1 amide bonds. The molecule has 0 unspecified atom stereocenters. The SMILES string of the molecule is O=C(CSc1nnc(SCC(=O)c2ccccc2)s1)NC[C@@H]1CCCO1. The molecule has 1 N–H and O–H groups in total. The summed E-state index contributed by atoms with van der Waals surface area (Å²) in [4.78, 5) is 24.0. The third kappa shape index (κ3) is 6.08. The molecule has 138 valence electrons. The summed E-state index contributed by atoms with van der Waals surface area (Å²) in [5, 5.41) is 11.0. The average molecular weight is 410 g/mol. The lowest BCUT2D eigenvalue weighted by molar-refractivity contribution is -0.119.